The van der Waals surface area contributed by atoms with Crippen molar-refractivity contribution in [1.82, 2.24) is 9.62 Å². The summed E-state index contributed by atoms with van der Waals surface area (Å²) in [5.41, 5.74) is 0.386. The number of nitriles is 1. The second-order valence-corrected chi connectivity index (χ2v) is 7.91. The number of morpholine rings is 1. The topological polar surface area (TPSA) is 82.4 Å². The van der Waals surface area contributed by atoms with E-state index in [9.17, 15) is 8.42 Å². The highest BCUT2D eigenvalue weighted by Crippen LogP contribution is 2.37. The molecule has 2 aliphatic rings. The number of hydrogen-bond acceptors (Lipinski definition) is 5. The molecule has 1 aliphatic carbocycles. The maximum absolute atomic E-state index is 12.5. The normalized spacial score (nSPS) is 21.3. The van der Waals surface area contributed by atoms with Crippen molar-refractivity contribution >= 4 is 10.0 Å². The molecule has 0 amide bonds. The fourth-order valence-electron chi connectivity index (χ4n) is 3.25. The summed E-state index contributed by atoms with van der Waals surface area (Å²) in [7, 11) is -3.55. The molecule has 3 rings (SSSR count). The molecule has 0 unspecified atom stereocenters. The van der Waals surface area contributed by atoms with Gasteiger partial charge in [0.15, 0.2) is 0 Å². The fraction of sp³-hybridized carbons (Fsp3) is 0.562. The van der Waals surface area contributed by atoms with E-state index >= 15 is 0 Å². The molecule has 1 saturated carbocycles. The fourth-order valence-corrected chi connectivity index (χ4v) is 4.37. The lowest BCUT2D eigenvalue weighted by molar-refractivity contribution is -0.0527. The van der Waals surface area contributed by atoms with E-state index in [0.717, 1.165) is 32.4 Å². The van der Waals surface area contributed by atoms with Gasteiger partial charge in [-0.1, -0.05) is 0 Å². The standard InChI is InChI=1S/C16H21N3O3S/c17-12-14-2-4-15(5-3-14)23(20,21)18-13-16(6-1-7-16)19-8-10-22-11-9-19/h2-5,18H,1,6-11,13H2. The minimum absolute atomic E-state index is 0.0660. The Labute approximate surface area is 137 Å². The molecule has 2 fully saturated rings. The third-order valence-electron chi connectivity index (χ3n) is 4.85. The van der Waals surface area contributed by atoms with Crippen molar-refractivity contribution in [2.24, 2.45) is 0 Å². The molecule has 0 atom stereocenters. The molecule has 0 bridgehead atoms. The number of benzene rings is 1. The number of nitrogens with zero attached hydrogens (tertiary/aromatic N) is 2. The molecule has 1 aromatic rings. The van der Waals surface area contributed by atoms with E-state index in [-0.39, 0.29) is 10.4 Å². The van der Waals surface area contributed by atoms with E-state index in [1.54, 1.807) is 0 Å². The zero-order chi connectivity index (χ0) is 16.3. The highest BCUT2D eigenvalue weighted by atomic mass is 32.2. The van der Waals surface area contributed by atoms with Crippen molar-refractivity contribution in [3.63, 3.8) is 0 Å². The Morgan fingerprint density at radius 2 is 1.87 bits per heavy atom. The van der Waals surface area contributed by atoms with Gasteiger partial charge >= 0.3 is 0 Å². The van der Waals surface area contributed by atoms with Crippen LogP contribution in [-0.2, 0) is 14.8 Å². The monoisotopic (exact) mass is 335 g/mol. The van der Waals surface area contributed by atoms with Gasteiger partial charge in [-0.25, -0.2) is 13.1 Å². The summed E-state index contributed by atoms with van der Waals surface area (Å²) in [4.78, 5) is 2.56. The predicted octanol–water partition coefficient (Wildman–Crippen LogP) is 1.09. The van der Waals surface area contributed by atoms with E-state index in [0.29, 0.717) is 25.3 Å². The lowest BCUT2D eigenvalue weighted by atomic mass is 9.75. The summed E-state index contributed by atoms with van der Waals surface area (Å²) in [6.07, 6.45) is 3.17. The Kier molecular flexibility index (Phi) is 4.69. The van der Waals surface area contributed by atoms with Crippen molar-refractivity contribution in [2.45, 2.75) is 29.7 Å². The van der Waals surface area contributed by atoms with Crippen LogP contribution in [0.15, 0.2) is 29.2 Å². The molecule has 1 N–H and O–H groups in total. The Hall–Kier alpha value is -1.46. The van der Waals surface area contributed by atoms with Gasteiger partial charge in [0.1, 0.15) is 0 Å². The van der Waals surface area contributed by atoms with Crippen LogP contribution in [0.2, 0.25) is 0 Å². The molecule has 1 saturated heterocycles. The summed E-state index contributed by atoms with van der Waals surface area (Å²) >= 11 is 0. The number of hydrogen-bond donors (Lipinski definition) is 1. The predicted molar refractivity (Wildman–Crippen MR) is 85.3 cm³/mol. The minimum Gasteiger partial charge on any atom is -0.379 e. The summed E-state index contributed by atoms with van der Waals surface area (Å²) in [6.45, 7) is 3.57. The number of rotatable bonds is 5. The molecular formula is C16H21N3O3S. The van der Waals surface area contributed by atoms with Crippen LogP contribution < -0.4 is 4.72 Å². The van der Waals surface area contributed by atoms with Crippen molar-refractivity contribution in [2.75, 3.05) is 32.8 Å². The van der Waals surface area contributed by atoms with E-state index in [4.69, 9.17) is 10.00 Å². The highest BCUT2D eigenvalue weighted by molar-refractivity contribution is 7.89. The van der Waals surface area contributed by atoms with Gasteiger partial charge in [0.25, 0.3) is 0 Å². The van der Waals surface area contributed by atoms with Gasteiger partial charge in [0.2, 0.25) is 10.0 Å². The second kappa shape index (κ2) is 6.57. The third-order valence-corrected chi connectivity index (χ3v) is 6.27. The average molecular weight is 335 g/mol. The van der Waals surface area contributed by atoms with Crippen molar-refractivity contribution in [3.8, 4) is 6.07 Å². The third kappa shape index (κ3) is 3.40. The summed E-state index contributed by atoms with van der Waals surface area (Å²) in [6, 6.07) is 7.99. The lowest BCUT2D eigenvalue weighted by Crippen LogP contribution is -2.62. The minimum atomic E-state index is -3.55. The van der Waals surface area contributed by atoms with Crippen molar-refractivity contribution < 1.29 is 13.2 Å². The first kappa shape index (κ1) is 16.4. The van der Waals surface area contributed by atoms with Gasteiger partial charge in [-0.05, 0) is 43.5 Å². The van der Waals surface area contributed by atoms with E-state index in [2.05, 4.69) is 9.62 Å². The lowest BCUT2D eigenvalue weighted by Gasteiger charge is -2.51. The Bertz CT molecular complexity index is 684. The molecule has 6 nitrogen and oxygen atoms in total. The van der Waals surface area contributed by atoms with Gasteiger partial charge in [-0.2, -0.15) is 5.26 Å². The first-order chi connectivity index (χ1) is 11.1. The van der Waals surface area contributed by atoms with Gasteiger partial charge in [-0.3, -0.25) is 4.90 Å². The zero-order valence-corrected chi connectivity index (χ0v) is 13.8. The van der Waals surface area contributed by atoms with E-state index < -0.39 is 10.0 Å². The van der Waals surface area contributed by atoms with Crippen LogP contribution in [0.5, 0.6) is 0 Å². The van der Waals surface area contributed by atoms with Crippen LogP contribution in [-0.4, -0.2) is 51.7 Å². The average Bonchev–Trinajstić information content (AvgIpc) is 2.55. The van der Waals surface area contributed by atoms with Crippen LogP contribution in [0.25, 0.3) is 0 Å². The first-order valence-corrected chi connectivity index (χ1v) is 9.37. The smallest absolute Gasteiger partial charge is 0.240 e. The quantitative estimate of drug-likeness (QED) is 0.871. The Morgan fingerprint density at radius 3 is 2.39 bits per heavy atom. The van der Waals surface area contributed by atoms with Crippen LogP contribution in [0, 0.1) is 11.3 Å². The largest absolute Gasteiger partial charge is 0.379 e. The maximum atomic E-state index is 12.5. The Balaban J connectivity index is 1.68. The zero-order valence-electron chi connectivity index (χ0n) is 13.0. The van der Waals surface area contributed by atoms with Crippen LogP contribution in [0.4, 0.5) is 0 Å². The molecule has 23 heavy (non-hydrogen) atoms. The first-order valence-electron chi connectivity index (χ1n) is 7.88. The summed E-state index contributed by atoms with van der Waals surface area (Å²) in [5.74, 6) is 0. The second-order valence-electron chi connectivity index (χ2n) is 6.14. The van der Waals surface area contributed by atoms with Gasteiger partial charge in [0, 0.05) is 25.2 Å². The van der Waals surface area contributed by atoms with Crippen LogP contribution in [0.1, 0.15) is 24.8 Å². The van der Waals surface area contributed by atoms with Crippen molar-refractivity contribution in [1.29, 1.82) is 5.26 Å². The molecule has 7 heteroatoms. The number of nitrogens with one attached hydrogen (secondary N) is 1. The van der Waals surface area contributed by atoms with Crippen molar-refractivity contribution in [3.05, 3.63) is 29.8 Å². The van der Waals surface area contributed by atoms with Crippen LogP contribution >= 0.6 is 0 Å². The molecule has 0 aromatic heterocycles. The van der Waals surface area contributed by atoms with Gasteiger partial charge < -0.3 is 4.74 Å². The highest BCUT2D eigenvalue weighted by Gasteiger charge is 2.43. The maximum Gasteiger partial charge on any atom is 0.240 e. The molecule has 124 valence electrons. The van der Waals surface area contributed by atoms with E-state index in [1.807, 2.05) is 6.07 Å². The summed E-state index contributed by atoms with van der Waals surface area (Å²) < 4.78 is 33.1. The van der Waals surface area contributed by atoms with Crippen LogP contribution in [0.3, 0.4) is 0 Å². The molecule has 0 spiro atoms. The molecule has 1 aromatic carbocycles. The number of ether oxygens (including phenoxy) is 1. The molecular weight excluding hydrogens is 314 g/mol. The molecule has 0 radical (unpaired) electrons. The number of sulfonamides is 1. The molecule has 1 aliphatic heterocycles. The summed E-state index contributed by atoms with van der Waals surface area (Å²) in [5, 5.41) is 8.79. The van der Waals surface area contributed by atoms with Gasteiger partial charge in [0.05, 0.1) is 29.7 Å². The Morgan fingerprint density at radius 1 is 1.22 bits per heavy atom. The molecule has 1 heterocycles. The van der Waals surface area contributed by atoms with E-state index in [1.165, 1.54) is 24.3 Å². The van der Waals surface area contributed by atoms with Gasteiger partial charge in [-0.15, -0.1) is 0 Å². The SMILES string of the molecule is N#Cc1ccc(S(=O)(=O)NCC2(N3CCOCC3)CCC2)cc1.